The normalized spacial score (nSPS) is 9.22. The molecule has 0 saturated heterocycles. The van der Waals surface area contributed by atoms with Crippen LogP contribution in [-0.2, 0) is 9.53 Å². The van der Waals surface area contributed by atoms with Gasteiger partial charge in [0.05, 0.1) is 12.5 Å². The number of Topliss-reactive ketones (excluding diaryl/α,β-unsaturated/α-hetero) is 1. The first-order valence-electron chi connectivity index (χ1n) is 5.51. The van der Waals surface area contributed by atoms with Crippen molar-refractivity contribution in [2.75, 3.05) is 12.5 Å². The summed E-state index contributed by atoms with van der Waals surface area (Å²) in [5, 5.41) is 0. The molecule has 3 nitrogen and oxygen atoms in total. The van der Waals surface area contributed by atoms with E-state index in [1.165, 1.54) is 0 Å². The Bertz CT molecular complexity index is 480. The number of benzene rings is 1. The Morgan fingerprint density at radius 2 is 1.94 bits per heavy atom. The lowest BCUT2D eigenvalue weighted by Gasteiger charge is -1.97. The molecule has 0 spiro atoms. The van der Waals surface area contributed by atoms with Gasteiger partial charge >= 0.3 is 5.97 Å². The van der Waals surface area contributed by atoms with Crippen molar-refractivity contribution >= 4 is 23.4 Å². The molecule has 0 bridgehead atoms. The largest absolute Gasteiger partial charge is 0.465 e. The summed E-state index contributed by atoms with van der Waals surface area (Å²) in [4.78, 5) is 22.3. The van der Waals surface area contributed by atoms with Crippen LogP contribution in [0.5, 0.6) is 0 Å². The monoisotopic (exact) mass is 264 g/mol. The van der Waals surface area contributed by atoms with Gasteiger partial charge in [0.15, 0.2) is 5.78 Å². The predicted octanol–water partition coefficient (Wildman–Crippen LogP) is 2.41. The van der Waals surface area contributed by atoms with Crippen LogP contribution in [0.25, 0.3) is 0 Å². The Morgan fingerprint density at radius 1 is 1.28 bits per heavy atom. The van der Waals surface area contributed by atoms with Crippen LogP contribution in [0.2, 0.25) is 0 Å². The van der Waals surface area contributed by atoms with Crippen molar-refractivity contribution in [1.29, 1.82) is 0 Å². The summed E-state index contributed by atoms with van der Waals surface area (Å²) < 4.78 is 4.74. The lowest BCUT2D eigenvalue weighted by molar-refractivity contribution is -0.141. The van der Waals surface area contributed by atoms with E-state index < -0.39 is 0 Å². The summed E-state index contributed by atoms with van der Waals surface area (Å²) in [5.41, 5.74) is 1.30. The zero-order valence-corrected chi connectivity index (χ0v) is 10.8. The van der Waals surface area contributed by atoms with Gasteiger partial charge in [0.25, 0.3) is 0 Å². The molecule has 0 aliphatic carbocycles. The number of ether oxygens (including phenoxy) is 1. The minimum absolute atomic E-state index is 0.0338. The maximum atomic E-state index is 11.3. The SMILES string of the molecule is CCOC(=O)CC#Cc1ccc(C(=O)CCl)cc1. The zero-order chi connectivity index (χ0) is 13.4. The molecular formula is C14H13ClO3. The second kappa shape index (κ2) is 7.52. The minimum atomic E-state index is -0.334. The van der Waals surface area contributed by atoms with Crippen LogP contribution in [0, 0.1) is 11.8 Å². The summed E-state index contributed by atoms with van der Waals surface area (Å²) in [6.45, 7) is 2.10. The molecule has 0 amide bonds. The van der Waals surface area contributed by atoms with Gasteiger partial charge < -0.3 is 4.74 Å². The van der Waals surface area contributed by atoms with Crippen LogP contribution in [0.3, 0.4) is 0 Å². The molecule has 1 aromatic rings. The van der Waals surface area contributed by atoms with Gasteiger partial charge in [-0.15, -0.1) is 11.6 Å². The fourth-order valence-electron chi connectivity index (χ4n) is 1.25. The van der Waals surface area contributed by atoms with Gasteiger partial charge in [0.1, 0.15) is 6.42 Å². The summed E-state index contributed by atoms with van der Waals surface area (Å²) in [5.74, 6) is 5.05. The van der Waals surface area contributed by atoms with Crippen LogP contribution < -0.4 is 0 Å². The first-order chi connectivity index (χ1) is 8.67. The van der Waals surface area contributed by atoms with Gasteiger partial charge in [-0.3, -0.25) is 9.59 Å². The molecule has 0 radical (unpaired) electrons. The van der Waals surface area contributed by atoms with Crippen molar-refractivity contribution in [2.24, 2.45) is 0 Å². The third-order valence-electron chi connectivity index (χ3n) is 2.10. The molecule has 0 heterocycles. The van der Waals surface area contributed by atoms with Crippen molar-refractivity contribution in [3.63, 3.8) is 0 Å². The van der Waals surface area contributed by atoms with Crippen LogP contribution in [0.1, 0.15) is 29.3 Å². The number of hydrogen-bond donors (Lipinski definition) is 0. The molecule has 1 rings (SSSR count). The van der Waals surface area contributed by atoms with Crippen LogP contribution in [0.15, 0.2) is 24.3 Å². The first kappa shape index (κ1) is 14.3. The quantitative estimate of drug-likeness (QED) is 0.363. The highest BCUT2D eigenvalue weighted by Crippen LogP contribution is 2.05. The van der Waals surface area contributed by atoms with Crippen LogP contribution >= 0.6 is 11.6 Å². The van der Waals surface area contributed by atoms with E-state index in [4.69, 9.17) is 16.3 Å². The van der Waals surface area contributed by atoms with Crippen molar-refractivity contribution < 1.29 is 14.3 Å². The number of esters is 1. The lowest BCUT2D eigenvalue weighted by Crippen LogP contribution is -2.01. The molecular weight excluding hydrogens is 252 g/mol. The van der Waals surface area contributed by atoms with Crippen molar-refractivity contribution in [2.45, 2.75) is 13.3 Å². The van der Waals surface area contributed by atoms with Gasteiger partial charge in [-0.25, -0.2) is 0 Å². The predicted molar refractivity (Wildman–Crippen MR) is 69.6 cm³/mol. The van der Waals surface area contributed by atoms with E-state index in [0.717, 1.165) is 5.56 Å². The summed E-state index contributed by atoms with van der Waals surface area (Å²) in [6, 6.07) is 6.77. The second-order valence-electron chi connectivity index (χ2n) is 3.42. The zero-order valence-electron chi connectivity index (χ0n) is 10.0. The number of alkyl halides is 1. The molecule has 0 fully saturated rings. The van der Waals surface area contributed by atoms with Gasteiger partial charge in [-0.1, -0.05) is 24.0 Å². The number of halogens is 1. The highest BCUT2D eigenvalue weighted by atomic mass is 35.5. The minimum Gasteiger partial charge on any atom is -0.465 e. The van der Waals surface area contributed by atoms with Gasteiger partial charge in [-0.05, 0) is 19.1 Å². The van der Waals surface area contributed by atoms with E-state index in [1.807, 2.05) is 0 Å². The average Bonchev–Trinajstić information content (AvgIpc) is 2.39. The summed E-state index contributed by atoms with van der Waals surface area (Å²) >= 11 is 5.45. The smallest absolute Gasteiger partial charge is 0.317 e. The summed E-state index contributed by atoms with van der Waals surface area (Å²) in [6.07, 6.45) is 0.0657. The van der Waals surface area contributed by atoms with E-state index in [1.54, 1.807) is 31.2 Å². The Hall–Kier alpha value is -1.79. The van der Waals surface area contributed by atoms with Gasteiger partial charge in [0.2, 0.25) is 0 Å². The molecule has 0 aliphatic heterocycles. The number of carbonyl (C=O) groups is 2. The molecule has 0 aliphatic rings. The lowest BCUT2D eigenvalue weighted by atomic mass is 10.1. The van der Waals surface area contributed by atoms with Gasteiger partial charge in [-0.2, -0.15) is 0 Å². The highest BCUT2D eigenvalue weighted by molar-refractivity contribution is 6.30. The first-order valence-corrected chi connectivity index (χ1v) is 6.04. The topological polar surface area (TPSA) is 43.4 Å². The fourth-order valence-corrected chi connectivity index (χ4v) is 1.40. The number of ketones is 1. The molecule has 4 heteroatoms. The van der Waals surface area contributed by atoms with E-state index in [2.05, 4.69) is 11.8 Å². The maximum absolute atomic E-state index is 11.3. The molecule has 94 valence electrons. The molecule has 0 saturated carbocycles. The molecule has 0 unspecified atom stereocenters. The molecule has 0 atom stereocenters. The molecule has 1 aromatic carbocycles. The summed E-state index contributed by atoms with van der Waals surface area (Å²) in [7, 11) is 0. The Morgan fingerprint density at radius 3 is 2.50 bits per heavy atom. The fraction of sp³-hybridized carbons (Fsp3) is 0.286. The molecule has 0 N–H and O–H groups in total. The number of carbonyl (C=O) groups excluding carboxylic acids is 2. The maximum Gasteiger partial charge on any atom is 0.317 e. The third-order valence-corrected chi connectivity index (χ3v) is 2.34. The van der Waals surface area contributed by atoms with Crippen molar-refractivity contribution in [3.8, 4) is 11.8 Å². The molecule has 18 heavy (non-hydrogen) atoms. The van der Waals surface area contributed by atoms with Crippen LogP contribution in [0.4, 0.5) is 0 Å². The van der Waals surface area contributed by atoms with E-state index in [9.17, 15) is 9.59 Å². The Labute approximate surface area is 111 Å². The van der Waals surface area contributed by atoms with Crippen molar-refractivity contribution in [3.05, 3.63) is 35.4 Å². The van der Waals surface area contributed by atoms with E-state index in [-0.39, 0.29) is 24.1 Å². The Balaban J connectivity index is 2.61. The standard InChI is InChI=1S/C14H13ClO3/c1-2-18-14(17)5-3-4-11-6-8-12(9-7-11)13(16)10-15/h6-9H,2,5,10H2,1H3. The number of rotatable bonds is 4. The Kier molecular flexibility index (Phi) is 5.96. The average molecular weight is 265 g/mol. The van der Waals surface area contributed by atoms with Gasteiger partial charge in [0, 0.05) is 11.1 Å². The van der Waals surface area contributed by atoms with E-state index in [0.29, 0.717) is 12.2 Å². The third kappa shape index (κ3) is 4.60. The van der Waals surface area contributed by atoms with Crippen LogP contribution in [-0.4, -0.2) is 24.2 Å². The van der Waals surface area contributed by atoms with Crippen molar-refractivity contribution in [1.82, 2.24) is 0 Å². The number of hydrogen-bond acceptors (Lipinski definition) is 3. The van der Waals surface area contributed by atoms with E-state index >= 15 is 0 Å². The molecule has 0 aromatic heterocycles. The second-order valence-corrected chi connectivity index (χ2v) is 3.68. The highest BCUT2D eigenvalue weighted by Gasteiger charge is 2.02.